The molecule has 2 aliphatic rings. The Hall–Kier alpha value is -3.20. The van der Waals surface area contributed by atoms with Crippen molar-refractivity contribution in [1.29, 1.82) is 0 Å². The van der Waals surface area contributed by atoms with Crippen LogP contribution in [-0.4, -0.2) is 61.9 Å². The molecule has 2 aromatic heterocycles. The summed E-state index contributed by atoms with van der Waals surface area (Å²) >= 11 is 0. The van der Waals surface area contributed by atoms with Crippen molar-refractivity contribution in [3.05, 3.63) is 47.7 Å². The topological polar surface area (TPSA) is 132 Å². The summed E-state index contributed by atoms with van der Waals surface area (Å²) in [7, 11) is -3.12. The molecule has 0 bridgehead atoms. The van der Waals surface area contributed by atoms with Gasteiger partial charge in [-0.15, -0.1) is 0 Å². The fraction of sp³-hybridized carbons (Fsp3) is 0.478. The standard InChI is InChI=1S/C23H27F5N6O3S/c1-21(12-38(36)22(2,20(29)34-21)8-3-9-31-38)17-14(24)5-7-16(32-17)33-18(35)15-6-4-13(10-30-15)37-11-23(27,28)19(25)26/h4-7,10,19,38H,3,8-9,11-12H2,1-2H3,(H2,29,34)(H,31,36)(H,32,33,35). The number of rotatable bonds is 7. The van der Waals surface area contributed by atoms with Gasteiger partial charge in [0.2, 0.25) is 0 Å². The molecule has 4 rings (SSSR count). The van der Waals surface area contributed by atoms with E-state index in [1.807, 2.05) is 0 Å². The van der Waals surface area contributed by atoms with Crippen LogP contribution in [0, 0.1) is 5.82 Å². The number of carbonyl (C=O) groups is 1. The van der Waals surface area contributed by atoms with Crippen LogP contribution in [0.25, 0.3) is 0 Å². The van der Waals surface area contributed by atoms with E-state index in [1.165, 1.54) is 6.07 Å². The smallest absolute Gasteiger partial charge is 0.340 e. The average Bonchev–Trinajstić information content (AvgIpc) is 2.85. The number of nitrogens with two attached hydrogens (primary N) is 1. The molecular weight excluding hydrogens is 535 g/mol. The highest BCUT2D eigenvalue weighted by Crippen LogP contribution is 2.43. The molecule has 1 saturated heterocycles. The van der Waals surface area contributed by atoms with Gasteiger partial charge >= 0.3 is 12.3 Å². The van der Waals surface area contributed by atoms with Crippen LogP contribution in [0.3, 0.4) is 0 Å². The molecule has 0 saturated carbocycles. The first-order chi connectivity index (χ1) is 17.7. The van der Waals surface area contributed by atoms with E-state index in [1.54, 1.807) is 13.8 Å². The number of amidine groups is 1. The molecule has 0 radical (unpaired) electrons. The van der Waals surface area contributed by atoms with Gasteiger partial charge in [-0.25, -0.2) is 23.1 Å². The summed E-state index contributed by atoms with van der Waals surface area (Å²) in [6.07, 6.45) is -1.62. The first-order valence-electron chi connectivity index (χ1n) is 11.6. The van der Waals surface area contributed by atoms with Gasteiger partial charge in [0, 0.05) is 12.3 Å². The highest BCUT2D eigenvalue weighted by atomic mass is 32.3. The molecule has 2 unspecified atom stereocenters. The van der Waals surface area contributed by atoms with Gasteiger partial charge in [0.25, 0.3) is 5.91 Å². The second-order valence-corrected chi connectivity index (χ2v) is 12.8. The van der Waals surface area contributed by atoms with Crippen LogP contribution in [0.4, 0.5) is 27.8 Å². The van der Waals surface area contributed by atoms with E-state index in [0.717, 1.165) is 30.8 Å². The lowest BCUT2D eigenvalue weighted by Crippen LogP contribution is -2.67. The van der Waals surface area contributed by atoms with E-state index < -0.39 is 51.1 Å². The third kappa shape index (κ3) is 5.08. The minimum atomic E-state index is -4.34. The Morgan fingerprint density at radius 2 is 2.03 bits per heavy atom. The minimum Gasteiger partial charge on any atom is -0.485 e. The largest absolute Gasteiger partial charge is 0.485 e. The number of amides is 1. The molecule has 15 heteroatoms. The number of aliphatic imine (C=N–C) groups is 1. The third-order valence-electron chi connectivity index (χ3n) is 6.77. The molecule has 2 atom stereocenters. The molecule has 9 nitrogen and oxygen atoms in total. The van der Waals surface area contributed by atoms with E-state index in [0.29, 0.717) is 13.0 Å². The number of alkyl halides is 4. The quantitative estimate of drug-likeness (QED) is 0.303. The number of nitrogens with one attached hydrogen (secondary N) is 2. The first-order valence-corrected chi connectivity index (χ1v) is 13.5. The summed E-state index contributed by atoms with van der Waals surface area (Å²) < 4.78 is 86.3. The van der Waals surface area contributed by atoms with Crippen LogP contribution >= 0.6 is 0 Å². The average molecular weight is 563 g/mol. The van der Waals surface area contributed by atoms with Crippen LogP contribution in [-0.2, 0) is 15.7 Å². The van der Waals surface area contributed by atoms with Crippen molar-refractivity contribution in [3.8, 4) is 5.75 Å². The van der Waals surface area contributed by atoms with Gasteiger partial charge in [-0.05, 0) is 61.1 Å². The summed E-state index contributed by atoms with van der Waals surface area (Å²) in [5, 5.41) is 2.45. The highest BCUT2D eigenvalue weighted by Gasteiger charge is 2.53. The number of aromatic nitrogens is 2. The molecule has 4 N–H and O–H groups in total. The predicted octanol–water partition coefficient (Wildman–Crippen LogP) is 2.81. The van der Waals surface area contributed by atoms with E-state index in [2.05, 4.69) is 29.7 Å². The Morgan fingerprint density at radius 1 is 1.29 bits per heavy atom. The number of carbonyl (C=O) groups excluding carboxylic acids is 1. The fourth-order valence-corrected chi connectivity index (χ4v) is 7.84. The lowest BCUT2D eigenvalue weighted by molar-refractivity contribution is -0.148. The van der Waals surface area contributed by atoms with Crippen LogP contribution < -0.4 is 20.5 Å². The van der Waals surface area contributed by atoms with Gasteiger partial charge < -0.3 is 15.8 Å². The number of anilines is 1. The normalized spacial score (nSPS) is 25.7. The number of halogens is 5. The van der Waals surface area contributed by atoms with Crippen molar-refractivity contribution in [2.75, 3.05) is 24.2 Å². The summed E-state index contributed by atoms with van der Waals surface area (Å²) in [6, 6.07) is 4.54. The third-order valence-corrected chi connectivity index (χ3v) is 10.6. The number of fused-ring (bicyclic) bond motifs is 1. The van der Waals surface area contributed by atoms with Crippen LogP contribution in [0.15, 0.2) is 35.5 Å². The van der Waals surface area contributed by atoms with Gasteiger partial charge in [-0.1, -0.05) is 0 Å². The SMILES string of the molecule is CC1(c2nc(NC(=O)c3ccc(OCC(F)(F)C(F)F)cn3)ccc2F)C[SH]2(=O)NCCCC2(C)C(N)=N1. The van der Waals surface area contributed by atoms with E-state index in [-0.39, 0.29) is 34.5 Å². The first kappa shape index (κ1) is 27.8. The highest BCUT2D eigenvalue weighted by molar-refractivity contribution is 8.03. The van der Waals surface area contributed by atoms with Crippen LogP contribution in [0.2, 0.25) is 0 Å². The van der Waals surface area contributed by atoms with Crippen molar-refractivity contribution in [2.45, 2.75) is 49.3 Å². The van der Waals surface area contributed by atoms with Gasteiger partial charge in [0.05, 0.1) is 10.9 Å². The predicted molar refractivity (Wildman–Crippen MR) is 132 cm³/mol. The molecule has 38 heavy (non-hydrogen) atoms. The van der Waals surface area contributed by atoms with Crippen molar-refractivity contribution >= 4 is 27.7 Å². The van der Waals surface area contributed by atoms with Gasteiger partial charge in [0.15, 0.2) is 6.61 Å². The van der Waals surface area contributed by atoms with Crippen LogP contribution in [0.5, 0.6) is 5.75 Å². The maximum atomic E-state index is 15.0. The van der Waals surface area contributed by atoms with Gasteiger partial charge in [0.1, 0.15) is 40.1 Å². The summed E-state index contributed by atoms with van der Waals surface area (Å²) in [5.74, 6) is -6.02. The maximum Gasteiger partial charge on any atom is 0.340 e. The Labute approximate surface area is 216 Å². The number of thiol groups is 1. The second-order valence-electron chi connectivity index (χ2n) is 9.66. The summed E-state index contributed by atoms with van der Waals surface area (Å²) in [6.45, 7) is 2.33. The molecule has 1 fully saturated rings. The number of hydrogen-bond acceptors (Lipinski definition) is 7. The molecule has 0 aromatic carbocycles. The molecule has 208 valence electrons. The van der Waals surface area contributed by atoms with Crippen molar-refractivity contribution in [1.82, 2.24) is 14.7 Å². The van der Waals surface area contributed by atoms with E-state index in [4.69, 9.17) is 5.73 Å². The molecule has 0 aliphatic carbocycles. The molecule has 1 amide bonds. The lowest BCUT2D eigenvalue weighted by atomic mass is 9.96. The molecule has 4 heterocycles. The zero-order valence-corrected chi connectivity index (χ0v) is 21.4. The Bertz CT molecular complexity index is 1310. The number of ether oxygens (including phenoxy) is 1. The van der Waals surface area contributed by atoms with Crippen molar-refractivity contribution in [3.63, 3.8) is 0 Å². The molecule has 0 spiro atoms. The van der Waals surface area contributed by atoms with E-state index >= 15 is 0 Å². The Morgan fingerprint density at radius 3 is 2.68 bits per heavy atom. The summed E-state index contributed by atoms with van der Waals surface area (Å²) in [5.41, 5.74) is 4.56. The molecule has 2 aliphatic heterocycles. The van der Waals surface area contributed by atoms with Gasteiger partial charge in [-0.2, -0.15) is 8.78 Å². The Kier molecular flexibility index (Phi) is 7.20. The lowest BCUT2D eigenvalue weighted by Gasteiger charge is -2.52. The van der Waals surface area contributed by atoms with E-state index in [9.17, 15) is 31.0 Å². The number of nitrogens with zero attached hydrogens (tertiary/aromatic N) is 3. The minimum absolute atomic E-state index is 0.0217. The molecule has 2 aromatic rings. The molecular formula is C23H27F5N6O3S. The number of hydrogen-bond donors (Lipinski definition) is 4. The fourth-order valence-electron chi connectivity index (χ4n) is 4.49. The number of pyridine rings is 2. The van der Waals surface area contributed by atoms with Gasteiger partial charge in [-0.3, -0.25) is 18.7 Å². The maximum absolute atomic E-state index is 15.0. The monoisotopic (exact) mass is 562 g/mol. The second kappa shape index (κ2) is 9.84. The zero-order chi connectivity index (χ0) is 27.9. The van der Waals surface area contributed by atoms with Crippen molar-refractivity contribution in [2.24, 2.45) is 10.7 Å². The van der Waals surface area contributed by atoms with Crippen molar-refractivity contribution < 1.29 is 35.7 Å². The zero-order valence-electron chi connectivity index (χ0n) is 20.5. The Balaban J connectivity index is 1.52. The van der Waals surface area contributed by atoms with Crippen LogP contribution in [0.1, 0.15) is 42.9 Å². The summed E-state index contributed by atoms with van der Waals surface area (Å²) in [4.78, 5) is 25.2.